The van der Waals surface area contributed by atoms with E-state index in [0.29, 0.717) is 5.56 Å². The van der Waals surface area contributed by atoms with Crippen molar-refractivity contribution in [1.82, 2.24) is 4.57 Å². The van der Waals surface area contributed by atoms with Gasteiger partial charge in [-0.2, -0.15) is 5.26 Å². The summed E-state index contributed by atoms with van der Waals surface area (Å²) >= 11 is 0. The van der Waals surface area contributed by atoms with E-state index in [0.717, 1.165) is 61.1 Å². The van der Waals surface area contributed by atoms with E-state index in [1.54, 1.807) is 23.7 Å². The van der Waals surface area contributed by atoms with Gasteiger partial charge in [0.2, 0.25) is 0 Å². The number of anilines is 1. The smallest absolute Gasteiger partial charge is 0.252 e. The van der Waals surface area contributed by atoms with Crippen LogP contribution in [0.2, 0.25) is 0 Å². The first kappa shape index (κ1) is 20.0. The molecule has 4 rings (SSSR count). The van der Waals surface area contributed by atoms with Crippen LogP contribution in [-0.2, 0) is 13.5 Å². The molecular weight excluding hydrogens is 374 g/mol. The molecule has 0 unspecified atom stereocenters. The molecule has 2 aromatic carbocycles. The van der Waals surface area contributed by atoms with Gasteiger partial charge in [0.05, 0.1) is 22.8 Å². The predicted octanol–water partition coefficient (Wildman–Crippen LogP) is 4.41. The van der Waals surface area contributed by atoms with Gasteiger partial charge in [-0.1, -0.05) is 25.5 Å². The van der Waals surface area contributed by atoms with Crippen molar-refractivity contribution < 1.29 is 4.74 Å². The minimum absolute atomic E-state index is 0.0345. The van der Waals surface area contributed by atoms with Gasteiger partial charge in [-0.05, 0) is 42.3 Å². The molecule has 1 aliphatic heterocycles. The van der Waals surface area contributed by atoms with Crippen LogP contribution >= 0.6 is 0 Å². The fourth-order valence-corrected chi connectivity index (χ4v) is 4.21. The van der Waals surface area contributed by atoms with Gasteiger partial charge >= 0.3 is 0 Å². The Balaban J connectivity index is 1.50. The largest absolute Gasteiger partial charge is 0.490 e. The Morgan fingerprint density at radius 2 is 1.83 bits per heavy atom. The monoisotopic (exact) mass is 401 g/mol. The summed E-state index contributed by atoms with van der Waals surface area (Å²) in [5.74, 6) is 0.922. The van der Waals surface area contributed by atoms with Crippen molar-refractivity contribution in [3.05, 3.63) is 70.0 Å². The number of ether oxygens (including phenoxy) is 1. The molecule has 1 aliphatic rings. The van der Waals surface area contributed by atoms with Crippen molar-refractivity contribution >= 4 is 16.6 Å². The third-order valence-electron chi connectivity index (χ3n) is 5.90. The van der Waals surface area contributed by atoms with Crippen LogP contribution in [0.4, 0.5) is 5.69 Å². The van der Waals surface area contributed by atoms with Crippen molar-refractivity contribution in [2.75, 3.05) is 18.0 Å². The molecule has 0 aliphatic carbocycles. The van der Waals surface area contributed by atoms with E-state index in [4.69, 9.17) is 4.74 Å². The van der Waals surface area contributed by atoms with Crippen LogP contribution in [0.3, 0.4) is 0 Å². The minimum Gasteiger partial charge on any atom is -0.490 e. The van der Waals surface area contributed by atoms with Crippen molar-refractivity contribution in [2.24, 2.45) is 7.05 Å². The Kier molecular flexibility index (Phi) is 5.76. The quantitative estimate of drug-likeness (QED) is 0.635. The van der Waals surface area contributed by atoms with E-state index in [-0.39, 0.29) is 11.7 Å². The predicted molar refractivity (Wildman–Crippen MR) is 120 cm³/mol. The second-order valence-corrected chi connectivity index (χ2v) is 7.97. The molecule has 1 saturated heterocycles. The van der Waals surface area contributed by atoms with E-state index >= 15 is 0 Å². The zero-order chi connectivity index (χ0) is 21.1. The van der Waals surface area contributed by atoms with E-state index < -0.39 is 0 Å². The maximum absolute atomic E-state index is 12.5. The molecular formula is C25H27N3O2. The molecule has 154 valence electrons. The molecule has 0 bridgehead atoms. The van der Waals surface area contributed by atoms with E-state index in [1.165, 1.54) is 5.56 Å². The molecule has 2 heterocycles. The van der Waals surface area contributed by atoms with Gasteiger partial charge in [0.15, 0.2) is 0 Å². The summed E-state index contributed by atoms with van der Waals surface area (Å²) in [5, 5.41) is 10.2. The number of hydrogen-bond donors (Lipinski definition) is 0. The number of benzene rings is 2. The van der Waals surface area contributed by atoms with Crippen molar-refractivity contribution in [1.29, 1.82) is 5.26 Å². The van der Waals surface area contributed by atoms with Gasteiger partial charge in [-0.25, -0.2) is 0 Å². The molecule has 0 atom stereocenters. The highest BCUT2D eigenvalue weighted by Crippen LogP contribution is 2.29. The minimum atomic E-state index is -0.0345. The lowest BCUT2D eigenvalue weighted by atomic mass is 10.0. The lowest BCUT2D eigenvalue weighted by Crippen LogP contribution is -2.39. The Labute approximate surface area is 177 Å². The first-order valence-electron chi connectivity index (χ1n) is 10.6. The van der Waals surface area contributed by atoms with Crippen molar-refractivity contribution in [3.63, 3.8) is 0 Å². The van der Waals surface area contributed by atoms with Crippen LogP contribution in [0, 0.1) is 11.3 Å². The summed E-state index contributed by atoms with van der Waals surface area (Å²) in [4.78, 5) is 14.7. The number of fused-ring (bicyclic) bond motifs is 1. The second kappa shape index (κ2) is 8.62. The summed E-state index contributed by atoms with van der Waals surface area (Å²) in [6.45, 7) is 3.82. The average Bonchev–Trinajstić information content (AvgIpc) is 2.78. The van der Waals surface area contributed by atoms with Crippen molar-refractivity contribution in [3.8, 4) is 11.8 Å². The molecule has 5 nitrogen and oxygen atoms in total. The van der Waals surface area contributed by atoms with Crippen LogP contribution in [0.1, 0.15) is 37.3 Å². The molecule has 3 aromatic rings. The lowest BCUT2D eigenvalue weighted by molar-refractivity contribution is 0.171. The Hall–Kier alpha value is -3.26. The number of nitriles is 1. The van der Waals surface area contributed by atoms with Crippen LogP contribution in [0.15, 0.2) is 53.3 Å². The molecule has 0 spiro atoms. The molecule has 0 radical (unpaired) electrons. The summed E-state index contributed by atoms with van der Waals surface area (Å²) < 4.78 is 7.84. The van der Waals surface area contributed by atoms with Crippen LogP contribution in [0.25, 0.3) is 10.9 Å². The maximum atomic E-state index is 12.5. The number of hydrogen-bond acceptors (Lipinski definition) is 4. The highest BCUT2D eigenvalue weighted by Gasteiger charge is 2.23. The van der Waals surface area contributed by atoms with Gasteiger partial charge in [0.1, 0.15) is 11.9 Å². The van der Waals surface area contributed by atoms with Gasteiger partial charge in [0, 0.05) is 44.4 Å². The van der Waals surface area contributed by atoms with Crippen LogP contribution in [0.5, 0.6) is 5.75 Å². The number of rotatable bonds is 5. The van der Waals surface area contributed by atoms with Gasteiger partial charge in [-0.3, -0.25) is 4.79 Å². The standard InChI is InChI=1S/C25H27N3O2/c1-3-4-18-5-8-20(9-6-18)30-21-11-13-28(14-12-21)24-16-25(29)27(2)23-10-7-19(17-26)15-22(23)24/h5-10,15-16,21H,3-4,11-14H2,1-2H3. The highest BCUT2D eigenvalue weighted by molar-refractivity contribution is 5.93. The molecule has 0 saturated carbocycles. The highest BCUT2D eigenvalue weighted by atomic mass is 16.5. The fourth-order valence-electron chi connectivity index (χ4n) is 4.21. The number of piperidine rings is 1. The summed E-state index contributed by atoms with van der Waals surface area (Å²) in [6.07, 6.45) is 4.20. The number of pyridine rings is 1. The molecule has 1 fully saturated rings. The molecule has 0 amide bonds. The molecule has 1 aromatic heterocycles. The van der Waals surface area contributed by atoms with Crippen molar-refractivity contribution in [2.45, 2.75) is 38.7 Å². The normalized spacial score (nSPS) is 14.6. The van der Waals surface area contributed by atoms with E-state index in [9.17, 15) is 10.1 Å². The first-order valence-corrected chi connectivity index (χ1v) is 10.6. The number of aromatic nitrogens is 1. The fraction of sp³-hybridized carbons (Fsp3) is 0.360. The second-order valence-electron chi connectivity index (χ2n) is 7.97. The Morgan fingerprint density at radius 3 is 2.50 bits per heavy atom. The first-order chi connectivity index (χ1) is 14.6. The molecule has 5 heteroatoms. The number of nitrogens with zero attached hydrogens (tertiary/aromatic N) is 3. The summed E-state index contributed by atoms with van der Waals surface area (Å²) in [5.41, 5.74) is 3.67. The third-order valence-corrected chi connectivity index (χ3v) is 5.90. The van der Waals surface area contributed by atoms with E-state index in [1.807, 2.05) is 12.1 Å². The number of aryl methyl sites for hydroxylation is 2. The van der Waals surface area contributed by atoms with Gasteiger partial charge in [0.25, 0.3) is 5.56 Å². The SMILES string of the molecule is CCCc1ccc(OC2CCN(c3cc(=O)n(C)c4ccc(C#N)cc34)CC2)cc1. The van der Waals surface area contributed by atoms with Crippen LogP contribution in [-0.4, -0.2) is 23.8 Å². The summed E-state index contributed by atoms with van der Waals surface area (Å²) in [6, 6.07) is 17.8. The molecule has 30 heavy (non-hydrogen) atoms. The average molecular weight is 402 g/mol. The topological polar surface area (TPSA) is 58.3 Å². The maximum Gasteiger partial charge on any atom is 0.252 e. The zero-order valence-electron chi connectivity index (χ0n) is 17.6. The summed E-state index contributed by atoms with van der Waals surface area (Å²) in [7, 11) is 1.77. The zero-order valence-corrected chi connectivity index (χ0v) is 17.6. The lowest BCUT2D eigenvalue weighted by Gasteiger charge is -2.34. The third kappa shape index (κ3) is 4.04. The molecule has 0 N–H and O–H groups in total. The van der Waals surface area contributed by atoms with Crippen LogP contribution < -0.4 is 15.2 Å². The Bertz CT molecular complexity index is 1130. The van der Waals surface area contributed by atoms with Gasteiger partial charge < -0.3 is 14.2 Å². The van der Waals surface area contributed by atoms with Gasteiger partial charge in [-0.15, -0.1) is 0 Å². The van der Waals surface area contributed by atoms with E-state index in [2.05, 4.69) is 42.2 Å². The Morgan fingerprint density at radius 1 is 1.10 bits per heavy atom.